The Kier molecular flexibility index (Phi) is 4.66. The van der Waals surface area contributed by atoms with Gasteiger partial charge >= 0.3 is 0 Å². The number of rotatable bonds is 2. The molecule has 0 amide bonds. The fourth-order valence-corrected chi connectivity index (χ4v) is 8.67. The van der Waals surface area contributed by atoms with Gasteiger partial charge in [0, 0.05) is 5.41 Å². The predicted octanol–water partition coefficient (Wildman–Crippen LogP) is 11.8. The summed E-state index contributed by atoms with van der Waals surface area (Å²) < 4.78 is 0. The minimum absolute atomic E-state index is 0.0670. The lowest BCUT2D eigenvalue weighted by atomic mass is 9.78. The number of fused-ring (bicyclic) bond motifs is 7. The van der Waals surface area contributed by atoms with Gasteiger partial charge in [-0.3, -0.25) is 0 Å². The highest BCUT2D eigenvalue weighted by Crippen LogP contribution is 2.55. The van der Waals surface area contributed by atoms with Gasteiger partial charge in [-0.25, -0.2) is 0 Å². The Balaban J connectivity index is 1.17. The zero-order chi connectivity index (χ0) is 29.2. The summed E-state index contributed by atoms with van der Waals surface area (Å²) >= 11 is 0. The van der Waals surface area contributed by atoms with E-state index in [1.165, 1.54) is 99.1 Å². The summed E-state index contributed by atoms with van der Waals surface area (Å²) in [6.07, 6.45) is 1.03. The fourth-order valence-electron chi connectivity index (χ4n) is 8.67. The first-order valence-electron chi connectivity index (χ1n) is 15.7. The molecule has 0 atom stereocenters. The summed E-state index contributed by atoms with van der Waals surface area (Å²) in [5.74, 6) is 0. The van der Waals surface area contributed by atoms with E-state index in [2.05, 4.69) is 147 Å². The highest BCUT2D eigenvalue weighted by molar-refractivity contribution is 6.27. The highest BCUT2D eigenvalue weighted by Gasteiger charge is 2.39. The third-order valence-corrected chi connectivity index (χ3v) is 10.7. The molecule has 0 bridgehead atoms. The van der Waals surface area contributed by atoms with Gasteiger partial charge < -0.3 is 0 Å². The van der Waals surface area contributed by atoms with E-state index in [0.29, 0.717) is 0 Å². The van der Waals surface area contributed by atoms with E-state index in [4.69, 9.17) is 0 Å². The van der Waals surface area contributed by atoms with E-state index >= 15 is 0 Å². The summed E-state index contributed by atoms with van der Waals surface area (Å²) in [4.78, 5) is 0. The average molecular weight is 559 g/mol. The summed E-state index contributed by atoms with van der Waals surface area (Å²) in [5.41, 5.74) is 16.6. The molecule has 0 aliphatic heterocycles. The monoisotopic (exact) mass is 558 g/mol. The Hall–Kier alpha value is -5.20. The molecule has 8 aromatic carbocycles. The first kappa shape index (κ1) is 24.3. The second kappa shape index (κ2) is 8.46. The van der Waals surface area contributed by atoms with E-state index in [-0.39, 0.29) is 5.41 Å². The first-order chi connectivity index (χ1) is 21.6. The molecule has 0 heteroatoms. The Bertz CT molecular complexity index is 2470. The van der Waals surface area contributed by atoms with E-state index in [1.54, 1.807) is 0 Å². The van der Waals surface area contributed by atoms with Crippen molar-refractivity contribution >= 4 is 32.3 Å². The molecule has 0 N–H and O–H groups in total. The molecule has 0 nitrogen and oxygen atoms in total. The Labute approximate surface area is 257 Å². The van der Waals surface area contributed by atoms with Crippen LogP contribution in [0.5, 0.6) is 0 Å². The lowest BCUT2D eigenvalue weighted by Gasteiger charge is -2.25. The second-order valence-corrected chi connectivity index (χ2v) is 13.2. The zero-order valence-electron chi connectivity index (χ0n) is 24.9. The van der Waals surface area contributed by atoms with Crippen molar-refractivity contribution in [3.8, 4) is 44.5 Å². The van der Waals surface area contributed by atoms with Crippen molar-refractivity contribution in [3.05, 3.63) is 156 Å². The van der Waals surface area contributed by atoms with E-state index < -0.39 is 0 Å². The smallest absolute Gasteiger partial charge is 0.0162 e. The van der Waals surface area contributed by atoms with Gasteiger partial charge in [0.05, 0.1) is 0 Å². The number of benzene rings is 8. The molecule has 0 fully saturated rings. The van der Waals surface area contributed by atoms with Gasteiger partial charge in [-0.15, -0.1) is 0 Å². The van der Waals surface area contributed by atoms with Crippen molar-refractivity contribution in [2.75, 3.05) is 0 Å². The maximum absolute atomic E-state index is 2.49. The van der Waals surface area contributed by atoms with Crippen LogP contribution in [0.3, 0.4) is 0 Å². The molecule has 44 heavy (non-hydrogen) atoms. The topological polar surface area (TPSA) is 0 Å². The third kappa shape index (κ3) is 3.08. The maximum atomic E-state index is 2.49. The van der Waals surface area contributed by atoms with Gasteiger partial charge in [-0.2, -0.15) is 0 Å². The van der Waals surface area contributed by atoms with Crippen molar-refractivity contribution in [1.82, 2.24) is 0 Å². The van der Waals surface area contributed by atoms with Gasteiger partial charge in [0.1, 0.15) is 0 Å². The van der Waals surface area contributed by atoms with Crippen LogP contribution in [0.25, 0.3) is 76.8 Å². The van der Waals surface area contributed by atoms with Crippen LogP contribution in [0.4, 0.5) is 0 Å². The SMILES string of the molecule is CC1(C)c2cc(-c3ccc4ccc5c(-c6ccccc6)ccc6ccc3c4c65)ccc2-c2ccc3c(c21)Cc1ccccc1-3. The van der Waals surface area contributed by atoms with E-state index in [0.717, 1.165) is 6.42 Å². The van der Waals surface area contributed by atoms with Crippen LogP contribution in [-0.4, -0.2) is 0 Å². The Morgan fingerprint density at radius 3 is 1.80 bits per heavy atom. The molecule has 0 saturated carbocycles. The van der Waals surface area contributed by atoms with Crippen molar-refractivity contribution < 1.29 is 0 Å². The molecule has 0 spiro atoms. The molecule has 0 unspecified atom stereocenters. The molecule has 0 aromatic heterocycles. The zero-order valence-corrected chi connectivity index (χ0v) is 24.9. The van der Waals surface area contributed by atoms with Crippen LogP contribution in [0.15, 0.2) is 133 Å². The molecular formula is C44H30. The molecule has 8 aromatic rings. The van der Waals surface area contributed by atoms with Crippen LogP contribution in [0, 0.1) is 0 Å². The number of hydrogen-bond donors (Lipinski definition) is 0. The molecule has 2 aliphatic carbocycles. The van der Waals surface area contributed by atoms with Crippen LogP contribution in [0.2, 0.25) is 0 Å². The van der Waals surface area contributed by atoms with Gasteiger partial charge in [0.15, 0.2) is 0 Å². The molecule has 0 heterocycles. The van der Waals surface area contributed by atoms with Crippen LogP contribution in [0.1, 0.15) is 36.1 Å². The van der Waals surface area contributed by atoms with Gasteiger partial charge in [-0.05, 0) is 112 Å². The van der Waals surface area contributed by atoms with E-state index in [1.807, 2.05) is 0 Å². The third-order valence-electron chi connectivity index (χ3n) is 10.7. The molecule has 10 rings (SSSR count). The van der Waals surface area contributed by atoms with Gasteiger partial charge in [-0.1, -0.05) is 141 Å². The summed E-state index contributed by atoms with van der Waals surface area (Å²) in [6, 6.07) is 50.2. The summed E-state index contributed by atoms with van der Waals surface area (Å²) in [5, 5.41) is 7.99. The standard InChI is InChI=1S/C44H30/c1-44(2)40-25-30(16-19-35(40)38-23-22-34-31-11-7-6-10-29(31)24-39(34)43(38)44)33-18-13-28-14-20-36-32(26-8-4-3-5-9-26)17-12-27-15-21-37(33)42(28)41(27)36/h3-23,25H,24H2,1-2H3. The molecule has 0 saturated heterocycles. The second-order valence-electron chi connectivity index (χ2n) is 13.2. The van der Waals surface area contributed by atoms with Gasteiger partial charge in [0.2, 0.25) is 0 Å². The normalized spacial score (nSPS) is 14.2. The fraction of sp³-hybridized carbons (Fsp3) is 0.0909. The Morgan fingerprint density at radius 2 is 1.05 bits per heavy atom. The van der Waals surface area contributed by atoms with Crippen molar-refractivity contribution in [3.63, 3.8) is 0 Å². The van der Waals surface area contributed by atoms with Crippen LogP contribution in [-0.2, 0) is 11.8 Å². The van der Waals surface area contributed by atoms with Crippen molar-refractivity contribution in [1.29, 1.82) is 0 Å². The summed E-state index contributed by atoms with van der Waals surface area (Å²) in [6.45, 7) is 4.86. The van der Waals surface area contributed by atoms with Crippen LogP contribution < -0.4 is 0 Å². The molecule has 0 radical (unpaired) electrons. The molecule has 2 aliphatic rings. The van der Waals surface area contributed by atoms with Crippen LogP contribution >= 0.6 is 0 Å². The first-order valence-corrected chi connectivity index (χ1v) is 15.7. The largest absolute Gasteiger partial charge is 0.0622 e. The minimum Gasteiger partial charge on any atom is -0.0622 e. The lowest BCUT2D eigenvalue weighted by molar-refractivity contribution is 0.654. The minimum atomic E-state index is -0.0670. The number of hydrogen-bond acceptors (Lipinski definition) is 0. The lowest BCUT2D eigenvalue weighted by Crippen LogP contribution is -2.17. The van der Waals surface area contributed by atoms with Crippen molar-refractivity contribution in [2.45, 2.75) is 25.7 Å². The maximum Gasteiger partial charge on any atom is 0.0162 e. The predicted molar refractivity (Wildman–Crippen MR) is 187 cm³/mol. The Morgan fingerprint density at radius 1 is 0.455 bits per heavy atom. The summed E-state index contributed by atoms with van der Waals surface area (Å²) in [7, 11) is 0. The molecule has 206 valence electrons. The average Bonchev–Trinajstić information content (AvgIpc) is 3.55. The quantitative estimate of drug-likeness (QED) is 0.185. The van der Waals surface area contributed by atoms with Crippen molar-refractivity contribution in [2.24, 2.45) is 0 Å². The molecular weight excluding hydrogens is 528 g/mol. The highest BCUT2D eigenvalue weighted by atomic mass is 14.4. The van der Waals surface area contributed by atoms with Gasteiger partial charge in [0.25, 0.3) is 0 Å². The van der Waals surface area contributed by atoms with E-state index in [9.17, 15) is 0 Å².